The number of halogens is 2. The molecule has 1 aliphatic heterocycles. The summed E-state index contributed by atoms with van der Waals surface area (Å²) in [5.74, 6) is -2.77. The normalized spacial score (nSPS) is 14.1. The fourth-order valence-corrected chi connectivity index (χ4v) is 3.03. The number of benzene rings is 2. The second-order valence-corrected chi connectivity index (χ2v) is 6.14. The Hall–Kier alpha value is -3.26. The lowest BCUT2D eigenvalue weighted by molar-refractivity contribution is -0.120. The second-order valence-electron chi connectivity index (χ2n) is 6.14. The number of methoxy groups -OCH3 is 1. The zero-order valence-corrected chi connectivity index (χ0v) is 15.3. The largest absolute Gasteiger partial charge is 0.497 e. The van der Waals surface area contributed by atoms with Crippen LogP contribution in [0.4, 0.5) is 14.5 Å². The molecule has 8 heteroatoms. The Kier molecular flexibility index (Phi) is 5.41. The quantitative estimate of drug-likeness (QED) is 0.769. The number of nitrogens with zero attached hydrogens (tertiary/aromatic N) is 2. The van der Waals surface area contributed by atoms with Crippen LogP contribution in [0.1, 0.15) is 5.56 Å². The minimum Gasteiger partial charge on any atom is -0.497 e. The van der Waals surface area contributed by atoms with E-state index in [1.165, 1.54) is 12.0 Å². The molecular formula is C20H18F2N2O4. The topological polar surface area (TPSA) is 70.1 Å². The Morgan fingerprint density at radius 2 is 1.75 bits per heavy atom. The van der Waals surface area contributed by atoms with Crippen LogP contribution in [0.25, 0.3) is 5.57 Å². The van der Waals surface area contributed by atoms with E-state index in [0.717, 1.165) is 12.1 Å². The number of carbonyl (C=O) groups excluding carboxylic acids is 2. The van der Waals surface area contributed by atoms with Crippen molar-refractivity contribution in [2.24, 2.45) is 0 Å². The Morgan fingerprint density at radius 1 is 1.07 bits per heavy atom. The van der Waals surface area contributed by atoms with Crippen molar-refractivity contribution in [3.05, 3.63) is 65.4 Å². The number of likely N-dealkylation sites (N-methyl/N-ethyl adjacent to an activating group) is 1. The summed E-state index contributed by atoms with van der Waals surface area (Å²) in [6, 6.07) is 9.10. The number of hydrogen-bond donors (Lipinski definition) is 1. The number of carbonyl (C=O) groups is 2. The molecule has 0 atom stereocenters. The van der Waals surface area contributed by atoms with Crippen molar-refractivity contribution in [2.45, 2.75) is 0 Å². The van der Waals surface area contributed by atoms with Crippen molar-refractivity contribution in [3.8, 4) is 5.75 Å². The zero-order chi connectivity index (χ0) is 20.4. The summed E-state index contributed by atoms with van der Waals surface area (Å²) in [6.07, 6.45) is 0. The van der Waals surface area contributed by atoms with E-state index in [1.807, 2.05) is 0 Å². The summed E-state index contributed by atoms with van der Waals surface area (Å²) < 4.78 is 32.6. The standard InChI is InChI=1S/C20H18F2N2O4/c1-23(9-10-25)18-17(12-3-6-14(28-2)7-4-12)19(26)24(20(18)27)16-8-5-13(21)11-15(16)22/h3-8,11,25H,9-10H2,1-2H3. The number of aliphatic hydroxyl groups is 1. The van der Waals surface area contributed by atoms with Gasteiger partial charge in [-0.15, -0.1) is 0 Å². The summed E-state index contributed by atoms with van der Waals surface area (Å²) >= 11 is 0. The number of rotatable bonds is 6. The van der Waals surface area contributed by atoms with Gasteiger partial charge in [0.05, 0.1) is 25.0 Å². The SMILES string of the molecule is COc1ccc(C2=C(N(C)CCO)C(=O)N(c3ccc(F)cc3F)C2=O)cc1. The maximum Gasteiger partial charge on any atom is 0.282 e. The molecule has 1 heterocycles. The van der Waals surface area contributed by atoms with Gasteiger partial charge in [-0.3, -0.25) is 9.59 Å². The third-order valence-corrected chi connectivity index (χ3v) is 4.41. The average Bonchev–Trinajstić information content (AvgIpc) is 2.93. The van der Waals surface area contributed by atoms with Crippen LogP contribution in [0.5, 0.6) is 5.75 Å². The number of amides is 2. The summed E-state index contributed by atoms with van der Waals surface area (Å²) in [5.41, 5.74) is 0.180. The third kappa shape index (κ3) is 3.34. The van der Waals surface area contributed by atoms with E-state index in [-0.39, 0.29) is 30.1 Å². The van der Waals surface area contributed by atoms with E-state index in [0.29, 0.717) is 22.3 Å². The highest BCUT2D eigenvalue weighted by molar-refractivity contribution is 6.45. The molecule has 0 bridgehead atoms. The van der Waals surface area contributed by atoms with E-state index in [9.17, 15) is 23.5 Å². The minimum absolute atomic E-state index is 0.0212. The molecule has 0 aromatic heterocycles. The first-order valence-electron chi connectivity index (χ1n) is 8.43. The Labute approximate surface area is 160 Å². The number of ether oxygens (including phenoxy) is 1. The van der Waals surface area contributed by atoms with Crippen LogP contribution >= 0.6 is 0 Å². The number of hydrogen-bond acceptors (Lipinski definition) is 5. The first-order chi connectivity index (χ1) is 13.4. The fraction of sp³-hybridized carbons (Fsp3) is 0.200. The molecule has 0 fully saturated rings. The van der Waals surface area contributed by atoms with Gasteiger partial charge >= 0.3 is 0 Å². The van der Waals surface area contributed by atoms with Crippen LogP contribution in [0.3, 0.4) is 0 Å². The highest BCUT2D eigenvalue weighted by Crippen LogP contribution is 2.35. The van der Waals surface area contributed by atoms with E-state index in [4.69, 9.17) is 4.74 Å². The van der Waals surface area contributed by atoms with Crippen LogP contribution in [0, 0.1) is 11.6 Å². The number of imide groups is 1. The van der Waals surface area contributed by atoms with Gasteiger partial charge in [-0.1, -0.05) is 12.1 Å². The molecule has 1 N–H and O–H groups in total. The molecule has 28 heavy (non-hydrogen) atoms. The lowest BCUT2D eigenvalue weighted by Crippen LogP contribution is -2.35. The highest BCUT2D eigenvalue weighted by atomic mass is 19.1. The summed E-state index contributed by atoms with van der Waals surface area (Å²) in [4.78, 5) is 28.2. The van der Waals surface area contributed by atoms with Crippen molar-refractivity contribution in [2.75, 3.05) is 32.2 Å². The van der Waals surface area contributed by atoms with E-state index < -0.39 is 23.4 Å². The van der Waals surface area contributed by atoms with E-state index >= 15 is 0 Å². The molecular weight excluding hydrogens is 370 g/mol. The van der Waals surface area contributed by atoms with Gasteiger partial charge in [0, 0.05) is 19.7 Å². The molecule has 0 spiro atoms. The molecule has 0 saturated heterocycles. The van der Waals surface area contributed by atoms with Crippen molar-refractivity contribution in [1.82, 2.24) is 4.90 Å². The lowest BCUT2D eigenvalue weighted by atomic mass is 10.0. The lowest BCUT2D eigenvalue weighted by Gasteiger charge is -2.20. The molecule has 2 aromatic carbocycles. The van der Waals surface area contributed by atoms with Gasteiger partial charge in [0.15, 0.2) is 0 Å². The van der Waals surface area contributed by atoms with Gasteiger partial charge < -0.3 is 14.7 Å². The van der Waals surface area contributed by atoms with Gasteiger partial charge in [-0.05, 0) is 29.8 Å². The molecule has 1 aliphatic rings. The van der Waals surface area contributed by atoms with Gasteiger partial charge in [0.2, 0.25) is 0 Å². The molecule has 0 unspecified atom stereocenters. The Balaban J connectivity index is 2.13. The van der Waals surface area contributed by atoms with Gasteiger partial charge in [-0.25, -0.2) is 13.7 Å². The van der Waals surface area contributed by atoms with Crippen LogP contribution in [-0.4, -0.2) is 49.1 Å². The molecule has 2 aromatic rings. The van der Waals surface area contributed by atoms with Gasteiger partial charge in [0.25, 0.3) is 11.8 Å². The van der Waals surface area contributed by atoms with Crippen molar-refractivity contribution in [1.29, 1.82) is 0 Å². The predicted octanol–water partition coefficient (Wildman–Crippen LogP) is 2.18. The van der Waals surface area contributed by atoms with Gasteiger partial charge in [-0.2, -0.15) is 0 Å². The second kappa shape index (κ2) is 7.77. The highest BCUT2D eigenvalue weighted by Gasteiger charge is 2.42. The molecule has 0 aliphatic carbocycles. The summed E-state index contributed by atoms with van der Waals surface area (Å²) in [5, 5.41) is 9.24. The summed E-state index contributed by atoms with van der Waals surface area (Å²) in [7, 11) is 3.04. The van der Waals surface area contributed by atoms with E-state index in [1.54, 1.807) is 31.3 Å². The summed E-state index contributed by atoms with van der Waals surface area (Å²) in [6.45, 7) is -0.157. The van der Waals surface area contributed by atoms with Crippen LogP contribution in [0.2, 0.25) is 0 Å². The van der Waals surface area contributed by atoms with E-state index in [2.05, 4.69) is 0 Å². The number of anilines is 1. The molecule has 0 radical (unpaired) electrons. The van der Waals surface area contributed by atoms with Crippen LogP contribution in [-0.2, 0) is 9.59 Å². The molecule has 2 amide bonds. The average molecular weight is 388 g/mol. The molecule has 3 rings (SSSR count). The van der Waals surface area contributed by atoms with Crippen molar-refractivity contribution in [3.63, 3.8) is 0 Å². The first kappa shape index (κ1) is 19.5. The van der Waals surface area contributed by atoms with Gasteiger partial charge in [0.1, 0.15) is 23.1 Å². The third-order valence-electron chi connectivity index (χ3n) is 4.41. The maximum absolute atomic E-state index is 14.3. The maximum atomic E-state index is 14.3. The molecule has 146 valence electrons. The van der Waals surface area contributed by atoms with Crippen LogP contribution in [0.15, 0.2) is 48.2 Å². The number of aliphatic hydroxyl groups excluding tert-OH is 1. The predicted molar refractivity (Wildman–Crippen MR) is 98.5 cm³/mol. The monoisotopic (exact) mass is 388 g/mol. The van der Waals surface area contributed by atoms with Crippen LogP contribution < -0.4 is 9.64 Å². The Morgan fingerprint density at radius 3 is 2.32 bits per heavy atom. The first-order valence-corrected chi connectivity index (χ1v) is 8.43. The molecule has 6 nitrogen and oxygen atoms in total. The van der Waals surface area contributed by atoms with Crippen molar-refractivity contribution < 1.29 is 28.2 Å². The fourth-order valence-electron chi connectivity index (χ4n) is 3.03. The van der Waals surface area contributed by atoms with Crippen molar-refractivity contribution >= 4 is 23.1 Å². The zero-order valence-electron chi connectivity index (χ0n) is 15.3. The molecule has 0 saturated carbocycles. The minimum atomic E-state index is -1.03. The smallest absolute Gasteiger partial charge is 0.282 e. The Bertz CT molecular complexity index is 957.